The standard InChI is InChI=1S/C22H17N5O4S/c1-22(10-17(28)24-16-8-4-5-9-27(16)22)20(31)25-21-23-11-13(32-21)12-26-18(29)14-6-2-3-7-15(14)19(26)30/h2-9,11H,10,12H2,1H3,(H,23,25,31). The molecule has 160 valence electrons. The van der Waals surface area contributed by atoms with E-state index in [9.17, 15) is 19.2 Å². The maximum Gasteiger partial charge on any atom is 0.261 e. The van der Waals surface area contributed by atoms with Crippen LogP contribution in [0.1, 0.15) is 38.9 Å². The molecule has 0 radical (unpaired) electrons. The van der Waals surface area contributed by atoms with Gasteiger partial charge in [-0.15, -0.1) is 0 Å². The van der Waals surface area contributed by atoms with Gasteiger partial charge >= 0.3 is 0 Å². The molecular weight excluding hydrogens is 430 g/mol. The lowest BCUT2D eigenvalue weighted by atomic mass is 9.91. The van der Waals surface area contributed by atoms with Crippen LogP contribution in [-0.2, 0) is 16.1 Å². The number of anilines is 1. The topological polar surface area (TPSA) is 112 Å². The van der Waals surface area contributed by atoms with Crippen molar-refractivity contribution in [3.63, 3.8) is 0 Å². The fraction of sp³-hybridized carbons (Fsp3) is 0.182. The zero-order chi connectivity index (χ0) is 22.5. The van der Waals surface area contributed by atoms with Gasteiger partial charge in [0, 0.05) is 17.3 Å². The van der Waals surface area contributed by atoms with Crippen LogP contribution in [0.15, 0.2) is 59.9 Å². The first kappa shape index (κ1) is 20.0. The fourth-order valence-electron chi connectivity index (χ4n) is 3.89. The van der Waals surface area contributed by atoms with Gasteiger partial charge in [0.1, 0.15) is 11.4 Å². The lowest BCUT2D eigenvalue weighted by molar-refractivity contribution is -0.130. The summed E-state index contributed by atoms with van der Waals surface area (Å²) in [5.41, 5.74) is -0.401. The minimum Gasteiger partial charge on any atom is -0.317 e. The summed E-state index contributed by atoms with van der Waals surface area (Å²) in [5.74, 6) is -1.07. The Morgan fingerprint density at radius 1 is 1.16 bits per heavy atom. The van der Waals surface area contributed by atoms with E-state index in [2.05, 4.69) is 15.3 Å². The van der Waals surface area contributed by atoms with Crippen molar-refractivity contribution in [2.75, 3.05) is 5.32 Å². The van der Waals surface area contributed by atoms with Crippen molar-refractivity contribution in [1.29, 1.82) is 0 Å². The van der Waals surface area contributed by atoms with E-state index < -0.39 is 11.4 Å². The number of fused-ring (bicyclic) bond motifs is 2. The number of rotatable bonds is 4. The number of nitrogens with zero attached hydrogens (tertiary/aromatic N) is 4. The predicted octanol–water partition coefficient (Wildman–Crippen LogP) is 2.35. The number of aliphatic imine (C=N–C) groups is 1. The van der Waals surface area contributed by atoms with E-state index >= 15 is 0 Å². The highest BCUT2D eigenvalue weighted by molar-refractivity contribution is 7.15. The quantitative estimate of drug-likeness (QED) is 0.720. The Bertz CT molecular complexity index is 1240. The first-order chi connectivity index (χ1) is 15.4. The molecule has 4 heterocycles. The molecule has 1 unspecified atom stereocenters. The van der Waals surface area contributed by atoms with Crippen molar-refractivity contribution in [3.05, 3.63) is 70.9 Å². The van der Waals surface area contributed by atoms with E-state index in [4.69, 9.17) is 0 Å². The number of carbonyl (C=O) groups is 4. The van der Waals surface area contributed by atoms with Gasteiger partial charge in [-0.2, -0.15) is 4.99 Å². The normalized spacial score (nSPS) is 21.5. The molecule has 1 aromatic carbocycles. The van der Waals surface area contributed by atoms with Crippen LogP contribution in [0.4, 0.5) is 5.13 Å². The second kappa shape index (κ2) is 7.34. The summed E-state index contributed by atoms with van der Waals surface area (Å²) < 4.78 is 0. The zero-order valence-corrected chi connectivity index (χ0v) is 17.8. The van der Waals surface area contributed by atoms with Crippen molar-refractivity contribution in [2.24, 2.45) is 4.99 Å². The second-order valence-corrected chi connectivity index (χ2v) is 8.83. The third-order valence-electron chi connectivity index (χ3n) is 5.56. The summed E-state index contributed by atoms with van der Waals surface area (Å²) in [4.78, 5) is 62.0. The first-order valence-corrected chi connectivity index (χ1v) is 10.7. The van der Waals surface area contributed by atoms with Crippen molar-refractivity contribution >= 4 is 45.9 Å². The Labute approximate surface area is 186 Å². The maximum atomic E-state index is 13.1. The Morgan fingerprint density at radius 2 is 1.88 bits per heavy atom. The molecule has 4 amide bonds. The van der Waals surface area contributed by atoms with Gasteiger partial charge in [-0.3, -0.25) is 29.4 Å². The van der Waals surface area contributed by atoms with Gasteiger partial charge in [0.2, 0.25) is 0 Å². The van der Waals surface area contributed by atoms with E-state index in [1.807, 2.05) is 0 Å². The number of carbonyl (C=O) groups excluding carboxylic acids is 4. The smallest absolute Gasteiger partial charge is 0.261 e. The van der Waals surface area contributed by atoms with Crippen LogP contribution in [0.5, 0.6) is 0 Å². The molecule has 0 spiro atoms. The number of hydrogen-bond donors (Lipinski definition) is 1. The van der Waals surface area contributed by atoms with Gasteiger partial charge in [-0.1, -0.05) is 29.5 Å². The maximum absolute atomic E-state index is 13.1. The molecule has 3 aliphatic heterocycles. The molecule has 5 rings (SSSR count). The van der Waals surface area contributed by atoms with Gasteiger partial charge in [-0.05, 0) is 31.2 Å². The lowest BCUT2D eigenvalue weighted by Gasteiger charge is -2.41. The molecular formula is C22H17N5O4S. The zero-order valence-electron chi connectivity index (χ0n) is 16.9. The Hall–Kier alpha value is -3.92. The van der Waals surface area contributed by atoms with E-state index in [0.717, 1.165) is 0 Å². The molecule has 1 N–H and O–H groups in total. The van der Waals surface area contributed by atoms with Crippen LogP contribution in [0.2, 0.25) is 0 Å². The summed E-state index contributed by atoms with van der Waals surface area (Å²) in [5, 5.41) is 3.08. The number of hydrogen-bond acceptors (Lipinski definition) is 7. The van der Waals surface area contributed by atoms with E-state index in [1.54, 1.807) is 60.5 Å². The number of nitrogens with one attached hydrogen (secondary N) is 1. The fourth-order valence-corrected chi connectivity index (χ4v) is 4.68. The van der Waals surface area contributed by atoms with E-state index in [-0.39, 0.29) is 30.7 Å². The SMILES string of the molecule is CC1(C(=O)Nc2ncc(CN3C(=O)c4ccccc4C3=O)s2)CC(=O)N=C2C=CC=CN21. The van der Waals surface area contributed by atoms with Gasteiger partial charge < -0.3 is 4.90 Å². The number of allylic oxidation sites excluding steroid dienone is 2. The third-order valence-corrected chi connectivity index (χ3v) is 6.46. The number of amides is 4. The molecule has 0 bridgehead atoms. The number of benzene rings is 1. The molecule has 2 aromatic rings. The Morgan fingerprint density at radius 3 is 2.59 bits per heavy atom. The largest absolute Gasteiger partial charge is 0.317 e. The molecule has 0 fully saturated rings. The summed E-state index contributed by atoms with van der Waals surface area (Å²) >= 11 is 1.17. The molecule has 9 nitrogen and oxygen atoms in total. The van der Waals surface area contributed by atoms with Gasteiger partial charge in [-0.25, -0.2) is 4.98 Å². The predicted molar refractivity (Wildman–Crippen MR) is 117 cm³/mol. The van der Waals surface area contributed by atoms with Crippen molar-refractivity contribution in [2.45, 2.75) is 25.4 Å². The van der Waals surface area contributed by atoms with Crippen LogP contribution in [0.3, 0.4) is 0 Å². The highest BCUT2D eigenvalue weighted by atomic mass is 32.1. The van der Waals surface area contributed by atoms with Crippen LogP contribution in [0, 0.1) is 0 Å². The van der Waals surface area contributed by atoms with E-state index in [1.165, 1.54) is 22.4 Å². The van der Waals surface area contributed by atoms with Gasteiger partial charge in [0.05, 0.1) is 24.1 Å². The third kappa shape index (κ3) is 3.16. The molecule has 3 aliphatic rings. The molecule has 0 aliphatic carbocycles. The monoisotopic (exact) mass is 447 g/mol. The highest BCUT2D eigenvalue weighted by Gasteiger charge is 2.45. The Kier molecular flexibility index (Phi) is 4.59. The first-order valence-electron chi connectivity index (χ1n) is 9.84. The van der Waals surface area contributed by atoms with Crippen LogP contribution < -0.4 is 5.32 Å². The molecule has 0 saturated heterocycles. The molecule has 0 saturated carbocycles. The van der Waals surface area contributed by atoms with Crippen molar-refractivity contribution in [1.82, 2.24) is 14.8 Å². The summed E-state index contributed by atoms with van der Waals surface area (Å²) in [6.45, 7) is 1.73. The van der Waals surface area contributed by atoms with Crippen LogP contribution in [-0.4, -0.2) is 49.8 Å². The van der Waals surface area contributed by atoms with Crippen LogP contribution >= 0.6 is 11.3 Å². The van der Waals surface area contributed by atoms with Crippen molar-refractivity contribution < 1.29 is 19.2 Å². The summed E-state index contributed by atoms with van der Waals surface area (Å²) in [6.07, 6.45) is 8.34. The van der Waals surface area contributed by atoms with E-state index in [0.29, 0.717) is 27.0 Å². The molecule has 1 aromatic heterocycles. The highest BCUT2D eigenvalue weighted by Crippen LogP contribution is 2.31. The second-order valence-electron chi connectivity index (χ2n) is 7.71. The summed E-state index contributed by atoms with van der Waals surface area (Å²) in [6, 6.07) is 6.69. The molecule has 32 heavy (non-hydrogen) atoms. The molecule has 1 atom stereocenters. The Balaban J connectivity index is 1.31. The minimum atomic E-state index is -1.16. The number of aromatic nitrogens is 1. The minimum absolute atomic E-state index is 0.0616. The average Bonchev–Trinajstić information content (AvgIpc) is 3.32. The number of imide groups is 1. The molecule has 10 heteroatoms. The summed E-state index contributed by atoms with van der Waals surface area (Å²) in [7, 11) is 0. The van der Waals surface area contributed by atoms with Gasteiger partial charge in [0.15, 0.2) is 5.13 Å². The van der Waals surface area contributed by atoms with Crippen LogP contribution in [0.25, 0.3) is 0 Å². The lowest BCUT2D eigenvalue weighted by Crippen LogP contribution is -2.58. The number of amidine groups is 1. The number of thiazole rings is 1. The van der Waals surface area contributed by atoms with Gasteiger partial charge in [0.25, 0.3) is 23.6 Å². The van der Waals surface area contributed by atoms with Crippen molar-refractivity contribution in [3.8, 4) is 0 Å². The average molecular weight is 447 g/mol.